The number of piperazine rings is 1. The minimum absolute atomic E-state index is 0.252. The zero-order chi connectivity index (χ0) is 18.8. The fourth-order valence-corrected chi connectivity index (χ4v) is 3.35. The highest BCUT2D eigenvalue weighted by molar-refractivity contribution is 5.59. The molecule has 3 heterocycles. The summed E-state index contributed by atoms with van der Waals surface area (Å²) in [5, 5.41) is 12.7. The van der Waals surface area contributed by atoms with E-state index in [-0.39, 0.29) is 5.82 Å². The summed E-state index contributed by atoms with van der Waals surface area (Å²) in [6, 6.07) is 10.2. The summed E-state index contributed by atoms with van der Waals surface area (Å²) >= 11 is 0. The quantitative estimate of drug-likeness (QED) is 0.706. The van der Waals surface area contributed by atoms with Gasteiger partial charge in [-0.25, -0.2) is 4.39 Å². The van der Waals surface area contributed by atoms with Gasteiger partial charge in [-0.2, -0.15) is 0 Å². The van der Waals surface area contributed by atoms with E-state index in [1.165, 1.54) is 17.7 Å². The number of hydrogen-bond donors (Lipinski definition) is 0. The lowest BCUT2D eigenvalue weighted by molar-refractivity contribution is 0.247. The largest absolute Gasteiger partial charge is 0.361 e. The van der Waals surface area contributed by atoms with E-state index in [4.69, 9.17) is 4.52 Å². The Morgan fingerprint density at radius 3 is 2.30 bits per heavy atom. The van der Waals surface area contributed by atoms with Gasteiger partial charge in [0.1, 0.15) is 11.6 Å². The molecular weight excluding hydrogens is 345 g/mol. The van der Waals surface area contributed by atoms with Gasteiger partial charge >= 0.3 is 0 Å². The molecule has 4 rings (SSSR count). The minimum atomic E-state index is -0.252. The molecule has 1 aromatic carbocycles. The molecule has 1 fully saturated rings. The van der Waals surface area contributed by atoms with Gasteiger partial charge in [0.25, 0.3) is 0 Å². The number of anilines is 1. The first-order chi connectivity index (χ1) is 13.1. The van der Waals surface area contributed by atoms with Crippen LogP contribution in [0.4, 0.5) is 10.2 Å². The van der Waals surface area contributed by atoms with Gasteiger partial charge in [-0.05, 0) is 50.2 Å². The molecule has 0 amide bonds. The van der Waals surface area contributed by atoms with E-state index in [2.05, 4.69) is 25.2 Å². The van der Waals surface area contributed by atoms with E-state index in [1.54, 1.807) is 12.1 Å². The fraction of sp³-hybridized carbons (Fsp3) is 0.350. The van der Waals surface area contributed by atoms with Crippen LogP contribution in [0.1, 0.15) is 17.0 Å². The molecule has 0 spiro atoms. The van der Waals surface area contributed by atoms with Crippen molar-refractivity contribution in [2.75, 3.05) is 31.1 Å². The Kier molecular flexibility index (Phi) is 4.85. The monoisotopic (exact) mass is 367 g/mol. The van der Waals surface area contributed by atoms with Gasteiger partial charge in [-0.15, -0.1) is 10.2 Å². The summed E-state index contributed by atoms with van der Waals surface area (Å²) in [4.78, 5) is 4.65. The molecule has 1 aliphatic rings. The maximum atomic E-state index is 13.0. The maximum absolute atomic E-state index is 13.0. The van der Waals surface area contributed by atoms with E-state index in [9.17, 15) is 4.39 Å². The Hall–Kier alpha value is -2.80. The average Bonchev–Trinajstić information content (AvgIpc) is 3.01. The molecule has 0 atom stereocenters. The number of nitrogens with zero attached hydrogens (tertiary/aromatic N) is 5. The van der Waals surface area contributed by atoms with Crippen molar-refractivity contribution in [2.24, 2.45) is 0 Å². The number of rotatable bonds is 4. The van der Waals surface area contributed by atoms with Gasteiger partial charge in [0.2, 0.25) is 0 Å². The van der Waals surface area contributed by atoms with Gasteiger partial charge in [-0.1, -0.05) is 5.16 Å². The summed E-state index contributed by atoms with van der Waals surface area (Å²) in [7, 11) is 0. The Labute approximate surface area is 157 Å². The highest BCUT2D eigenvalue weighted by atomic mass is 19.1. The van der Waals surface area contributed by atoms with Gasteiger partial charge in [0.15, 0.2) is 5.82 Å². The summed E-state index contributed by atoms with van der Waals surface area (Å²) in [5.41, 5.74) is 3.76. The molecule has 0 aliphatic carbocycles. The third-order valence-electron chi connectivity index (χ3n) is 5.05. The third kappa shape index (κ3) is 3.83. The summed E-state index contributed by atoms with van der Waals surface area (Å²) in [5.74, 6) is 1.52. The molecule has 0 bridgehead atoms. The zero-order valence-electron chi connectivity index (χ0n) is 15.5. The molecule has 140 valence electrons. The molecule has 3 aromatic rings. The van der Waals surface area contributed by atoms with Crippen LogP contribution in [-0.4, -0.2) is 46.4 Å². The molecule has 0 saturated carbocycles. The van der Waals surface area contributed by atoms with E-state index in [0.717, 1.165) is 61.3 Å². The maximum Gasteiger partial charge on any atom is 0.151 e. The van der Waals surface area contributed by atoms with Crippen molar-refractivity contribution in [1.82, 2.24) is 20.3 Å². The number of benzene rings is 1. The summed E-state index contributed by atoms with van der Waals surface area (Å²) in [6.45, 7) is 8.51. The normalized spacial score (nSPS) is 15.3. The molecular formula is C20H22FN5O. The Morgan fingerprint density at radius 1 is 0.963 bits per heavy atom. The fourth-order valence-electron chi connectivity index (χ4n) is 3.35. The third-order valence-corrected chi connectivity index (χ3v) is 5.05. The van der Waals surface area contributed by atoms with Crippen molar-refractivity contribution in [2.45, 2.75) is 20.4 Å². The molecule has 0 N–H and O–H groups in total. The second kappa shape index (κ2) is 7.44. The van der Waals surface area contributed by atoms with Crippen LogP contribution in [0.5, 0.6) is 0 Å². The van der Waals surface area contributed by atoms with E-state index >= 15 is 0 Å². The first-order valence-corrected chi connectivity index (χ1v) is 9.09. The number of aromatic nitrogens is 3. The second-order valence-corrected chi connectivity index (χ2v) is 6.85. The summed E-state index contributed by atoms with van der Waals surface area (Å²) < 4.78 is 18.3. The van der Waals surface area contributed by atoms with Crippen molar-refractivity contribution >= 4 is 5.82 Å². The van der Waals surface area contributed by atoms with Crippen LogP contribution in [0, 0.1) is 19.7 Å². The smallest absolute Gasteiger partial charge is 0.151 e. The zero-order valence-corrected chi connectivity index (χ0v) is 15.5. The SMILES string of the molecule is Cc1noc(C)c1CN1CCN(c2ccc(-c3ccc(F)cc3)nn2)CC1. The van der Waals surface area contributed by atoms with Crippen molar-refractivity contribution in [1.29, 1.82) is 0 Å². The average molecular weight is 367 g/mol. The Morgan fingerprint density at radius 2 is 1.70 bits per heavy atom. The van der Waals surface area contributed by atoms with Crippen molar-refractivity contribution in [3.05, 3.63) is 59.2 Å². The van der Waals surface area contributed by atoms with Crippen LogP contribution in [-0.2, 0) is 6.54 Å². The van der Waals surface area contributed by atoms with Crippen LogP contribution in [0.25, 0.3) is 11.3 Å². The molecule has 1 saturated heterocycles. The van der Waals surface area contributed by atoms with E-state index < -0.39 is 0 Å². The van der Waals surface area contributed by atoms with Crippen LogP contribution < -0.4 is 4.90 Å². The Balaban J connectivity index is 1.37. The topological polar surface area (TPSA) is 58.3 Å². The highest BCUT2D eigenvalue weighted by Gasteiger charge is 2.21. The van der Waals surface area contributed by atoms with Crippen LogP contribution in [0.3, 0.4) is 0 Å². The molecule has 0 unspecified atom stereocenters. The first kappa shape index (κ1) is 17.6. The second-order valence-electron chi connectivity index (χ2n) is 6.85. The predicted molar refractivity (Wildman–Crippen MR) is 101 cm³/mol. The number of halogens is 1. The minimum Gasteiger partial charge on any atom is -0.361 e. The highest BCUT2D eigenvalue weighted by Crippen LogP contribution is 2.21. The van der Waals surface area contributed by atoms with Gasteiger partial charge < -0.3 is 9.42 Å². The lowest BCUT2D eigenvalue weighted by Crippen LogP contribution is -2.46. The standard InChI is InChI=1S/C20H22FN5O/c1-14-18(15(2)27-24-14)13-25-9-11-26(12-10-25)20-8-7-19(22-23-20)16-3-5-17(21)6-4-16/h3-8H,9-13H2,1-2H3. The lowest BCUT2D eigenvalue weighted by Gasteiger charge is -2.35. The van der Waals surface area contributed by atoms with Crippen LogP contribution in [0.15, 0.2) is 40.9 Å². The molecule has 27 heavy (non-hydrogen) atoms. The molecule has 6 nitrogen and oxygen atoms in total. The lowest BCUT2D eigenvalue weighted by atomic mass is 10.1. The first-order valence-electron chi connectivity index (χ1n) is 9.09. The van der Waals surface area contributed by atoms with Crippen LogP contribution >= 0.6 is 0 Å². The molecule has 7 heteroatoms. The van der Waals surface area contributed by atoms with Crippen LogP contribution in [0.2, 0.25) is 0 Å². The molecule has 2 aromatic heterocycles. The van der Waals surface area contributed by atoms with Crippen molar-refractivity contribution < 1.29 is 8.91 Å². The van der Waals surface area contributed by atoms with Crippen molar-refractivity contribution in [3.63, 3.8) is 0 Å². The molecule has 0 radical (unpaired) electrons. The number of hydrogen-bond acceptors (Lipinski definition) is 6. The van der Waals surface area contributed by atoms with Crippen molar-refractivity contribution in [3.8, 4) is 11.3 Å². The summed E-state index contributed by atoms with van der Waals surface area (Å²) in [6.07, 6.45) is 0. The molecule has 1 aliphatic heterocycles. The predicted octanol–water partition coefficient (Wildman–Crippen LogP) is 3.21. The van der Waals surface area contributed by atoms with E-state index in [1.807, 2.05) is 26.0 Å². The van der Waals surface area contributed by atoms with Gasteiger partial charge in [0, 0.05) is 43.9 Å². The number of aryl methyl sites for hydroxylation is 2. The van der Waals surface area contributed by atoms with Gasteiger partial charge in [-0.3, -0.25) is 4.90 Å². The van der Waals surface area contributed by atoms with E-state index in [0.29, 0.717) is 0 Å². The Bertz CT molecular complexity index is 880. The van der Waals surface area contributed by atoms with Gasteiger partial charge in [0.05, 0.1) is 11.4 Å².